The molecular formula is C27H40N8O. The predicted octanol–water partition coefficient (Wildman–Crippen LogP) is 3.32. The van der Waals surface area contributed by atoms with Gasteiger partial charge in [-0.25, -0.2) is 9.97 Å². The number of morpholine rings is 1. The van der Waals surface area contributed by atoms with Crippen LogP contribution >= 0.6 is 0 Å². The average Bonchev–Trinajstić information content (AvgIpc) is 3.23. The second kappa shape index (κ2) is 9.10. The number of aryl methyl sites for hydroxylation is 2. The lowest BCUT2D eigenvalue weighted by Gasteiger charge is -2.58. The molecular weight excluding hydrogens is 452 g/mol. The summed E-state index contributed by atoms with van der Waals surface area (Å²) in [6.45, 7) is 10.8. The maximum absolute atomic E-state index is 7.98. The van der Waals surface area contributed by atoms with E-state index in [1.54, 1.807) is 0 Å². The van der Waals surface area contributed by atoms with E-state index in [2.05, 4.69) is 31.7 Å². The zero-order valence-electron chi connectivity index (χ0n) is 22.1. The van der Waals surface area contributed by atoms with Gasteiger partial charge in [-0.15, -0.1) is 0 Å². The first kappa shape index (κ1) is 23.9. The SMILES string of the molecule is CNc1nc(C)nc(N2CCc3c(c(C)nn3CC34CCC(N5CCOCC5)(CC3)CC4)C2)c1C=N. The van der Waals surface area contributed by atoms with Gasteiger partial charge in [-0.3, -0.25) is 9.58 Å². The van der Waals surface area contributed by atoms with Gasteiger partial charge >= 0.3 is 0 Å². The lowest BCUT2D eigenvalue weighted by Crippen LogP contribution is -2.60. The van der Waals surface area contributed by atoms with E-state index in [4.69, 9.17) is 20.2 Å². The normalized spacial score (nSPS) is 28.2. The molecule has 1 saturated heterocycles. The van der Waals surface area contributed by atoms with Crippen molar-refractivity contribution >= 4 is 17.9 Å². The minimum atomic E-state index is 0.399. The zero-order valence-corrected chi connectivity index (χ0v) is 22.1. The summed E-state index contributed by atoms with van der Waals surface area (Å²) in [5.74, 6) is 2.28. The molecule has 9 heteroatoms. The molecule has 2 N–H and O–H groups in total. The highest BCUT2D eigenvalue weighted by molar-refractivity contribution is 5.91. The number of ether oxygens (including phenoxy) is 1. The van der Waals surface area contributed by atoms with Crippen molar-refractivity contribution in [1.29, 1.82) is 5.41 Å². The van der Waals surface area contributed by atoms with Crippen LogP contribution in [0.1, 0.15) is 66.9 Å². The number of nitrogens with one attached hydrogen (secondary N) is 2. The quantitative estimate of drug-likeness (QED) is 0.598. The Hall–Kier alpha value is -2.52. The van der Waals surface area contributed by atoms with Gasteiger partial charge < -0.3 is 20.4 Å². The highest BCUT2D eigenvalue weighted by Crippen LogP contribution is 2.55. The van der Waals surface area contributed by atoms with E-state index in [1.165, 1.54) is 56.0 Å². The molecule has 3 saturated carbocycles. The van der Waals surface area contributed by atoms with Gasteiger partial charge in [0.2, 0.25) is 0 Å². The number of anilines is 2. The van der Waals surface area contributed by atoms with Gasteiger partial charge in [0.15, 0.2) is 0 Å². The molecule has 7 rings (SSSR count). The van der Waals surface area contributed by atoms with Gasteiger partial charge in [-0.2, -0.15) is 5.10 Å². The summed E-state index contributed by atoms with van der Waals surface area (Å²) in [7, 11) is 1.85. The zero-order chi connectivity index (χ0) is 24.9. The Morgan fingerprint density at radius 1 is 1.03 bits per heavy atom. The van der Waals surface area contributed by atoms with E-state index in [9.17, 15) is 0 Å². The van der Waals surface area contributed by atoms with Crippen LogP contribution in [-0.2, 0) is 24.2 Å². The standard InChI is InChI=1S/C27H40N8O/c1-19-22-17-33(25-21(16-28)24(29-3)30-20(2)31-25)11-4-23(22)35(32-19)18-26-5-8-27(9-6-26,10-7-26)34-12-14-36-15-13-34/h16,28H,4-15,17-18H2,1-3H3,(H,29,30,31). The van der Waals surface area contributed by atoms with Gasteiger partial charge in [-0.1, -0.05) is 0 Å². The molecule has 0 spiro atoms. The molecule has 0 amide bonds. The summed E-state index contributed by atoms with van der Waals surface area (Å²) in [5, 5.41) is 16.2. The van der Waals surface area contributed by atoms with Gasteiger partial charge in [-0.05, 0) is 57.8 Å². The summed E-state index contributed by atoms with van der Waals surface area (Å²) < 4.78 is 8.01. The van der Waals surface area contributed by atoms with Crippen LogP contribution in [0.5, 0.6) is 0 Å². The molecule has 194 valence electrons. The van der Waals surface area contributed by atoms with Crippen LogP contribution in [0.25, 0.3) is 0 Å². The number of hydrogen-bond donors (Lipinski definition) is 2. The van der Waals surface area contributed by atoms with Crippen molar-refractivity contribution in [1.82, 2.24) is 24.6 Å². The fourth-order valence-electron chi connectivity index (χ4n) is 7.42. The Morgan fingerprint density at radius 2 is 1.75 bits per heavy atom. The minimum Gasteiger partial charge on any atom is -0.379 e. The van der Waals surface area contributed by atoms with Crippen molar-refractivity contribution in [2.75, 3.05) is 50.1 Å². The third-order valence-electron chi connectivity index (χ3n) is 9.58. The molecule has 9 nitrogen and oxygen atoms in total. The fraction of sp³-hybridized carbons (Fsp3) is 0.704. The molecule has 2 bridgehead atoms. The minimum absolute atomic E-state index is 0.399. The van der Waals surface area contributed by atoms with Gasteiger partial charge in [0.1, 0.15) is 17.5 Å². The Labute approximate surface area is 214 Å². The Morgan fingerprint density at radius 3 is 2.42 bits per heavy atom. The van der Waals surface area contributed by atoms with Gasteiger partial charge in [0, 0.05) is 69.2 Å². The third-order valence-corrected chi connectivity index (χ3v) is 9.58. The highest BCUT2D eigenvalue weighted by Gasteiger charge is 2.51. The lowest BCUT2D eigenvalue weighted by atomic mass is 9.56. The van der Waals surface area contributed by atoms with Crippen LogP contribution in [0, 0.1) is 24.7 Å². The first-order valence-corrected chi connectivity index (χ1v) is 13.7. The number of aromatic nitrogens is 4. The molecule has 0 aromatic carbocycles. The summed E-state index contributed by atoms with van der Waals surface area (Å²) in [4.78, 5) is 14.3. The molecule has 36 heavy (non-hydrogen) atoms. The maximum Gasteiger partial charge on any atom is 0.143 e. The second-order valence-electron chi connectivity index (χ2n) is 11.4. The van der Waals surface area contributed by atoms with Crippen LogP contribution in [0.15, 0.2) is 0 Å². The second-order valence-corrected chi connectivity index (χ2v) is 11.4. The molecule has 0 radical (unpaired) electrons. The molecule has 5 aliphatic rings. The Bertz CT molecular complexity index is 1130. The number of rotatable bonds is 6. The molecule has 3 aliphatic carbocycles. The van der Waals surface area contributed by atoms with Crippen LogP contribution in [0.3, 0.4) is 0 Å². The molecule has 2 aromatic heterocycles. The largest absolute Gasteiger partial charge is 0.379 e. The van der Waals surface area contributed by atoms with Crippen molar-refractivity contribution in [3.05, 3.63) is 28.3 Å². The predicted molar refractivity (Wildman–Crippen MR) is 141 cm³/mol. The Balaban J connectivity index is 1.20. The summed E-state index contributed by atoms with van der Waals surface area (Å²) in [5.41, 5.74) is 5.46. The Kier molecular flexibility index (Phi) is 6.03. The maximum atomic E-state index is 7.98. The van der Waals surface area contributed by atoms with Crippen molar-refractivity contribution in [3.63, 3.8) is 0 Å². The fourth-order valence-corrected chi connectivity index (χ4v) is 7.42. The van der Waals surface area contributed by atoms with Crippen LogP contribution < -0.4 is 10.2 Å². The lowest BCUT2D eigenvalue weighted by molar-refractivity contribution is -0.0958. The molecule has 2 aliphatic heterocycles. The van der Waals surface area contributed by atoms with Crippen molar-refractivity contribution in [2.24, 2.45) is 5.41 Å². The topological polar surface area (TPSA) is 95.2 Å². The molecule has 4 heterocycles. The van der Waals surface area contributed by atoms with E-state index < -0.39 is 0 Å². The third kappa shape index (κ3) is 3.91. The van der Waals surface area contributed by atoms with E-state index in [1.807, 2.05) is 14.0 Å². The van der Waals surface area contributed by atoms with Crippen LogP contribution in [0.2, 0.25) is 0 Å². The van der Waals surface area contributed by atoms with Crippen molar-refractivity contribution in [2.45, 2.75) is 77.4 Å². The monoisotopic (exact) mass is 492 g/mol. The average molecular weight is 493 g/mol. The summed E-state index contributed by atoms with van der Waals surface area (Å²) in [6, 6.07) is 0. The highest BCUT2D eigenvalue weighted by atomic mass is 16.5. The summed E-state index contributed by atoms with van der Waals surface area (Å²) in [6.07, 6.45) is 10.3. The van der Waals surface area contributed by atoms with Crippen LogP contribution in [0.4, 0.5) is 11.6 Å². The van der Waals surface area contributed by atoms with Gasteiger partial charge in [0.25, 0.3) is 0 Å². The molecule has 2 aromatic rings. The van der Waals surface area contributed by atoms with Gasteiger partial charge in [0.05, 0.1) is 24.5 Å². The molecule has 0 atom stereocenters. The van der Waals surface area contributed by atoms with Crippen LogP contribution in [-0.4, -0.2) is 76.3 Å². The van der Waals surface area contributed by atoms with E-state index >= 15 is 0 Å². The van der Waals surface area contributed by atoms with Crippen molar-refractivity contribution < 1.29 is 4.74 Å². The first-order valence-electron chi connectivity index (χ1n) is 13.7. The summed E-state index contributed by atoms with van der Waals surface area (Å²) >= 11 is 0. The number of nitrogens with zero attached hydrogens (tertiary/aromatic N) is 6. The van der Waals surface area contributed by atoms with E-state index in [-0.39, 0.29) is 0 Å². The number of fused-ring (bicyclic) bond motifs is 4. The smallest absolute Gasteiger partial charge is 0.143 e. The first-order chi connectivity index (χ1) is 17.5. The molecule has 0 unspecified atom stereocenters. The van der Waals surface area contributed by atoms with E-state index in [0.29, 0.717) is 16.8 Å². The molecule has 4 fully saturated rings. The van der Waals surface area contributed by atoms with Crippen molar-refractivity contribution in [3.8, 4) is 0 Å². The number of hydrogen-bond acceptors (Lipinski definition) is 8. The van der Waals surface area contributed by atoms with E-state index in [0.717, 1.165) is 75.3 Å².